The number of hydrogen-bond acceptors (Lipinski definition) is 4. The first-order valence-electron chi connectivity index (χ1n) is 25.6. The topological polar surface area (TPSA) is 42.7 Å². The molecule has 0 fully saturated rings. The van der Waals surface area contributed by atoms with Crippen LogP contribution in [-0.2, 0) is 16.2 Å². The van der Waals surface area contributed by atoms with Crippen molar-refractivity contribution in [2.75, 3.05) is 4.90 Å². The highest BCUT2D eigenvalue weighted by molar-refractivity contribution is 6.19. The molecule has 16 rings (SSSR count). The first-order valence-corrected chi connectivity index (χ1v) is 25.6. The number of fused-ring (bicyclic) bond motifs is 20. The highest BCUT2D eigenvalue weighted by Crippen LogP contribution is 2.60. The second kappa shape index (κ2) is 13.9. The van der Waals surface area contributed by atoms with E-state index < -0.39 is 0 Å². The molecule has 348 valence electrons. The van der Waals surface area contributed by atoms with Crippen LogP contribution in [0.25, 0.3) is 110 Å². The van der Waals surface area contributed by atoms with Crippen molar-refractivity contribution in [1.82, 2.24) is 0 Å². The van der Waals surface area contributed by atoms with Crippen molar-refractivity contribution in [3.05, 3.63) is 221 Å². The Labute approximate surface area is 422 Å². The summed E-state index contributed by atoms with van der Waals surface area (Å²) in [4.78, 5) is 2.45. The van der Waals surface area contributed by atoms with Gasteiger partial charge in [-0.1, -0.05) is 145 Å². The van der Waals surface area contributed by atoms with E-state index >= 15 is 0 Å². The number of benzene rings is 10. The second-order valence-electron chi connectivity index (χ2n) is 22.4. The summed E-state index contributed by atoms with van der Waals surface area (Å²) in [6.45, 7) is 14.4. The Balaban J connectivity index is 0.887. The summed E-state index contributed by atoms with van der Waals surface area (Å²) < 4.78 is 19.9. The molecule has 4 nitrogen and oxygen atoms in total. The molecule has 0 saturated carbocycles. The average Bonchev–Trinajstić information content (AvgIpc) is 4.30. The zero-order valence-corrected chi connectivity index (χ0v) is 41.6. The van der Waals surface area contributed by atoms with Crippen LogP contribution >= 0.6 is 0 Å². The molecule has 4 heteroatoms. The van der Waals surface area contributed by atoms with Crippen molar-refractivity contribution in [2.45, 2.75) is 57.8 Å². The molecule has 0 bridgehead atoms. The van der Waals surface area contributed by atoms with Gasteiger partial charge in [0.2, 0.25) is 0 Å². The SMILES string of the molecule is CC1(C)c2cc(N(c3ccc4c(c3)C(C)(C)c3cc(-c5ccccc5)c5oc6ccccc6c5c3-4)c3ccc4c(c3)oc3ccccc34)ccc2-c2cc3c(cc21)-c1c(ccc2oc4ccccc4c12)C3(C)C. The minimum atomic E-state index is -0.326. The van der Waals surface area contributed by atoms with Crippen molar-refractivity contribution in [3.63, 3.8) is 0 Å². The monoisotopic (exact) mass is 939 g/mol. The number of furan rings is 3. The van der Waals surface area contributed by atoms with E-state index in [2.05, 4.69) is 228 Å². The highest BCUT2D eigenvalue weighted by Gasteiger charge is 2.44. The van der Waals surface area contributed by atoms with Crippen LogP contribution in [0.4, 0.5) is 17.1 Å². The largest absolute Gasteiger partial charge is 0.456 e. The molecule has 0 saturated heterocycles. The summed E-state index contributed by atoms with van der Waals surface area (Å²) in [6.07, 6.45) is 0. The Morgan fingerprint density at radius 2 is 0.795 bits per heavy atom. The van der Waals surface area contributed by atoms with Crippen LogP contribution in [0.5, 0.6) is 0 Å². The molecule has 3 aromatic heterocycles. The van der Waals surface area contributed by atoms with Gasteiger partial charge >= 0.3 is 0 Å². The van der Waals surface area contributed by atoms with Gasteiger partial charge in [-0.05, 0) is 151 Å². The van der Waals surface area contributed by atoms with Crippen molar-refractivity contribution in [1.29, 1.82) is 0 Å². The Bertz CT molecular complexity index is 4590. The molecule has 73 heavy (non-hydrogen) atoms. The summed E-state index contributed by atoms with van der Waals surface area (Å²) >= 11 is 0. The van der Waals surface area contributed by atoms with Crippen LogP contribution in [0.2, 0.25) is 0 Å². The smallest absolute Gasteiger partial charge is 0.143 e. The fourth-order valence-electron chi connectivity index (χ4n) is 13.8. The zero-order valence-electron chi connectivity index (χ0n) is 41.6. The lowest BCUT2D eigenvalue weighted by molar-refractivity contribution is 0.651. The van der Waals surface area contributed by atoms with E-state index in [0.717, 1.165) is 77.8 Å². The first-order chi connectivity index (χ1) is 35.4. The van der Waals surface area contributed by atoms with Crippen LogP contribution in [0, 0.1) is 0 Å². The average molecular weight is 940 g/mol. The molecule has 3 aliphatic rings. The van der Waals surface area contributed by atoms with Crippen LogP contribution in [0.1, 0.15) is 74.9 Å². The Kier molecular flexibility index (Phi) is 7.80. The molecule has 10 aromatic carbocycles. The molecule has 3 aliphatic carbocycles. The fraction of sp³-hybridized carbons (Fsp3) is 0.130. The molecule has 0 aliphatic heterocycles. The molecule has 0 unspecified atom stereocenters. The van der Waals surface area contributed by atoms with E-state index in [1.165, 1.54) is 82.9 Å². The van der Waals surface area contributed by atoms with E-state index in [9.17, 15) is 0 Å². The van der Waals surface area contributed by atoms with Gasteiger partial charge in [0.15, 0.2) is 0 Å². The number of rotatable bonds is 4. The van der Waals surface area contributed by atoms with Gasteiger partial charge in [-0.2, -0.15) is 0 Å². The molecule has 0 atom stereocenters. The normalized spacial score (nSPS) is 15.3. The summed E-state index contributed by atoms with van der Waals surface area (Å²) in [5, 5.41) is 6.94. The van der Waals surface area contributed by atoms with Crippen LogP contribution < -0.4 is 4.90 Å². The van der Waals surface area contributed by atoms with Gasteiger partial charge in [0.25, 0.3) is 0 Å². The third kappa shape index (κ3) is 5.30. The lowest BCUT2D eigenvalue weighted by Crippen LogP contribution is -2.18. The van der Waals surface area contributed by atoms with Gasteiger partial charge < -0.3 is 18.2 Å². The van der Waals surface area contributed by atoms with Gasteiger partial charge in [-0.25, -0.2) is 0 Å². The first kappa shape index (κ1) is 41.1. The van der Waals surface area contributed by atoms with Crippen molar-refractivity contribution in [2.24, 2.45) is 0 Å². The highest BCUT2D eigenvalue weighted by atomic mass is 16.3. The molecular formula is C69H49NO3. The molecule has 0 amide bonds. The predicted octanol–water partition coefficient (Wildman–Crippen LogP) is 19.4. The third-order valence-electron chi connectivity index (χ3n) is 17.4. The molecule has 0 radical (unpaired) electrons. The van der Waals surface area contributed by atoms with E-state index in [4.69, 9.17) is 13.3 Å². The maximum absolute atomic E-state index is 6.81. The summed E-state index contributed by atoms with van der Waals surface area (Å²) in [5.74, 6) is 0. The number of hydrogen-bond donors (Lipinski definition) is 0. The summed E-state index contributed by atoms with van der Waals surface area (Å²) in [5.41, 5.74) is 25.9. The maximum Gasteiger partial charge on any atom is 0.143 e. The standard InChI is InChI=1S/C69H49NO3/c1-67(2)51-30-31-60-64(46-19-11-14-22-58(46)71-60)63(51)50-37-54-49(36-55(50)67)42-27-24-39(32-52(42)68(54,3)4)70(41-25-28-44-43-18-10-13-21-57(43)72-61(44)34-41)40-26-29-45-53(33-40)69(5,6)56-35-48(38-16-8-7-9-17-38)66-65(62(45)56)47-20-12-15-23-59(47)73-66/h7-37H,1-6H3. The van der Waals surface area contributed by atoms with E-state index in [1.807, 2.05) is 6.07 Å². The van der Waals surface area contributed by atoms with Crippen molar-refractivity contribution >= 4 is 82.9 Å². The predicted molar refractivity (Wildman–Crippen MR) is 301 cm³/mol. The zero-order chi connectivity index (χ0) is 48.9. The number of para-hydroxylation sites is 3. The fourth-order valence-corrected chi connectivity index (χ4v) is 13.8. The summed E-state index contributed by atoms with van der Waals surface area (Å²) in [6, 6.07) is 69.0. The molecular weight excluding hydrogens is 891 g/mol. The van der Waals surface area contributed by atoms with E-state index in [-0.39, 0.29) is 16.2 Å². The lowest BCUT2D eigenvalue weighted by Gasteiger charge is -2.29. The molecule has 3 heterocycles. The maximum atomic E-state index is 6.81. The van der Waals surface area contributed by atoms with Gasteiger partial charge in [-0.3, -0.25) is 0 Å². The van der Waals surface area contributed by atoms with Gasteiger partial charge in [0.1, 0.15) is 33.5 Å². The minimum absolute atomic E-state index is 0.189. The Morgan fingerprint density at radius 1 is 0.301 bits per heavy atom. The molecule has 0 spiro atoms. The quantitative estimate of drug-likeness (QED) is 0.176. The molecule has 13 aromatic rings. The third-order valence-corrected chi connectivity index (χ3v) is 17.4. The minimum Gasteiger partial charge on any atom is -0.456 e. The lowest BCUT2D eigenvalue weighted by atomic mass is 9.79. The number of anilines is 3. The van der Waals surface area contributed by atoms with Crippen LogP contribution in [-0.4, -0.2) is 0 Å². The Hall–Kier alpha value is -8.60. The number of nitrogens with zero attached hydrogens (tertiary/aromatic N) is 1. The second-order valence-corrected chi connectivity index (χ2v) is 22.4. The van der Waals surface area contributed by atoms with Crippen molar-refractivity contribution < 1.29 is 13.3 Å². The van der Waals surface area contributed by atoms with Crippen LogP contribution in [0.15, 0.2) is 201 Å². The van der Waals surface area contributed by atoms with Crippen LogP contribution in [0.3, 0.4) is 0 Å². The summed E-state index contributed by atoms with van der Waals surface area (Å²) in [7, 11) is 0. The Morgan fingerprint density at radius 3 is 1.55 bits per heavy atom. The van der Waals surface area contributed by atoms with Gasteiger partial charge in [0.05, 0.1) is 0 Å². The van der Waals surface area contributed by atoms with Gasteiger partial charge in [-0.15, -0.1) is 0 Å². The molecule has 0 N–H and O–H groups in total. The van der Waals surface area contributed by atoms with Gasteiger partial charge in [0, 0.05) is 77.3 Å². The van der Waals surface area contributed by atoms with E-state index in [1.54, 1.807) is 0 Å². The van der Waals surface area contributed by atoms with E-state index in [0.29, 0.717) is 0 Å². The van der Waals surface area contributed by atoms with Crippen molar-refractivity contribution in [3.8, 4) is 44.5 Å².